The monoisotopic (exact) mass is 381 g/mol. The van der Waals surface area contributed by atoms with Gasteiger partial charge in [0.15, 0.2) is 17.3 Å². The number of β-amino-alcohol motifs (C(OH)–C–C–N with tert-alkyl or cyclic N) is 1. The molecule has 0 bridgehead atoms. The third-order valence-electron chi connectivity index (χ3n) is 4.91. The first-order valence-electron chi connectivity index (χ1n) is 9.53. The van der Waals surface area contributed by atoms with Gasteiger partial charge in [-0.1, -0.05) is 36.4 Å². The number of aliphatic hydroxyl groups excluding tert-OH is 1. The van der Waals surface area contributed by atoms with Gasteiger partial charge in [-0.05, 0) is 42.7 Å². The summed E-state index contributed by atoms with van der Waals surface area (Å²) >= 11 is 0. The molecule has 28 heavy (non-hydrogen) atoms. The van der Waals surface area contributed by atoms with Crippen LogP contribution in [0.1, 0.15) is 29.3 Å². The summed E-state index contributed by atoms with van der Waals surface area (Å²) in [6.07, 6.45) is 2.59. The van der Waals surface area contributed by atoms with Crippen LogP contribution in [0.25, 0.3) is 5.57 Å². The highest BCUT2D eigenvalue weighted by Gasteiger charge is 2.17. The van der Waals surface area contributed by atoms with Gasteiger partial charge in [-0.2, -0.15) is 0 Å². The molecule has 0 saturated carbocycles. The Bertz CT molecular complexity index is 832. The van der Waals surface area contributed by atoms with Crippen LogP contribution in [0.15, 0.2) is 54.6 Å². The molecule has 1 N–H and O–H groups in total. The number of nitrogens with zero attached hydrogens (tertiary/aromatic N) is 1. The molecule has 0 aliphatic carbocycles. The van der Waals surface area contributed by atoms with E-state index < -0.39 is 6.10 Å². The van der Waals surface area contributed by atoms with E-state index in [0.717, 1.165) is 19.5 Å². The van der Waals surface area contributed by atoms with Crippen molar-refractivity contribution in [2.24, 2.45) is 0 Å². The third kappa shape index (κ3) is 5.21. The van der Waals surface area contributed by atoms with Crippen molar-refractivity contribution >= 4 is 11.4 Å². The Kier molecular flexibility index (Phi) is 6.85. The molecule has 5 heteroatoms. The Hall–Kier alpha value is -2.63. The molecular formula is C23H27NO4. The molecule has 3 rings (SSSR count). The van der Waals surface area contributed by atoms with Crippen LogP contribution in [0.2, 0.25) is 0 Å². The van der Waals surface area contributed by atoms with Gasteiger partial charge in [0.1, 0.15) is 12.7 Å². The zero-order valence-electron chi connectivity index (χ0n) is 16.4. The van der Waals surface area contributed by atoms with Gasteiger partial charge in [-0.3, -0.25) is 9.69 Å². The molecule has 1 aliphatic heterocycles. The third-order valence-corrected chi connectivity index (χ3v) is 4.91. The number of hydrogen-bond donors (Lipinski definition) is 1. The maximum Gasteiger partial charge on any atom is 0.161 e. The van der Waals surface area contributed by atoms with Crippen LogP contribution in [0.3, 0.4) is 0 Å². The number of Topliss-reactive ketones (excluding diaryl/α,β-unsaturated/α-hetero) is 1. The molecule has 1 atom stereocenters. The summed E-state index contributed by atoms with van der Waals surface area (Å²) in [7, 11) is 1.53. The van der Waals surface area contributed by atoms with Gasteiger partial charge in [-0.15, -0.1) is 0 Å². The van der Waals surface area contributed by atoms with Crippen LogP contribution in [-0.4, -0.2) is 55.2 Å². The summed E-state index contributed by atoms with van der Waals surface area (Å²) < 4.78 is 11.0. The van der Waals surface area contributed by atoms with E-state index in [0.29, 0.717) is 23.6 Å². The minimum atomic E-state index is -0.608. The highest BCUT2D eigenvalue weighted by molar-refractivity contribution is 5.94. The zero-order chi connectivity index (χ0) is 19.9. The van der Waals surface area contributed by atoms with Gasteiger partial charge in [0.25, 0.3) is 0 Å². The minimum absolute atomic E-state index is 0.0297. The molecule has 5 nitrogen and oxygen atoms in total. The molecule has 1 heterocycles. The highest BCUT2D eigenvalue weighted by Crippen LogP contribution is 2.28. The quantitative estimate of drug-likeness (QED) is 0.710. The average Bonchev–Trinajstić information content (AvgIpc) is 2.73. The molecule has 148 valence electrons. The number of aliphatic hydroxyl groups is 1. The summed E-state index contributed by atoms with van der Waals surface area (Å²) in [5.74, 6) is 0.989. The number of carbonyl (C=O) groups is 1. The van der Waals surface area contributed by atoms with E-state index in [1.54, 1.807) is 18.2 Å². The van der Waals surface area contributed by atoms with Crippen molar-refractivity contribution in [2.75, 3.05) is 33.4 Å². The molecule has 0 saturated heterocycles. The molecule has 1 aliphatic rings. The fourth-order valence-electron chi connectivity index (χ4n) is 3.33. The average molecular weight is 381 g/mol. The molecule has 0 fully saturated rings. The van der Waals surface area contributed by atoms with Crippen molar-refractivity contribution in [1.29, 1.82) is 0 Å². The Morgan fingerprint density at radius 2 is 1.96 bits per heavy atom. The molecule has 2 aromatic carbocycles. The predicted molar refractivity (Wildman–Crippen MR) is 110 cm³/mol. The van der Waals surface area contributed by atoms with Crippen molar-refractivity contribution in [1.82, 2.24) is 4.90 Å². The fourth-order valence-corrected chi connectivity index (χ4v) is 3.33. The number of carbonyl (C=O) groups excluding carboxylic acids is 1. The summed E-state index contributed by atoms with van der Waals surface area (Å²) in [6.45, 7) is 3.95. The SMILES string of the molecule is COc1cc(C(C)=O)ccc1OC[C@@H](O)CN1CC=C(c2ccccc2)CC1. The highest BCUT2D eigenvalue weighted by atomic mass is 16.5. The summed E-state index contributed by atoms with van der Waals surface area (Å²) in [6, 6.07) is 15.5. The Balaban J connectivity index is 1.51. The lowest BCUT2D eigenvalue weighted by molar-refractivity contribution is 0.0706. The molecule has 0 amide bonds. The van der Waals surface area contributed by atoms with Crippen molar-refractivity contribution in [3.63, 3.8) is 0 Å². The number of rotatable bonds is 8. The lowest BCUT2D eigenvalue weighted by Crippen LogP contribution is -2.38. The van der Waals surface area contributed by atoms with Crippen LogP contribution < -0.4 is 9.47 Å². The second kappa shape index (κ2) is 9.53. The number of benzene rings is 2. The van der Waals surface area contributed by atoms with Gasteiger partial charge in [0.2, 0.25) is 0 Å². The number of ketones is 1. The molecule has 0 spiro atoms. The smallest absolute Gasteiger partial charge is 0.161 e. The Morgan fingerprint density at radius 1 is 1.18 bits per heavy atom. The first kappa shape index (κ1) is 20.1. The summed E-state index contributed by atoms with van der Waals surface area (Å²) in [5, 5.41) is 10.4. The van der Waals surface area contributed by atoms with E-state index in [-0.39, 0.29) is 12.4 Å². The van der Waals surface area contributed by atoms with Gasteiger partial charge in [0, 0.05) is 25.2 Å². The van der Waals surface area contributed by atoms with Crippen molar-refractivity contribution in [3.05, 3.63) is 65.7 Å². The first-order chi connectivity index (χ1) is 13.6. The van der Waals surface area contributed by atoms with Crippen LogP contribution in [0, 0.1) is 0 Å². The van der Waals surface area contributed by atoms with Gasteiger partial charge >= 0.3 is 0 Å². The van der Waals surface area contributed by atoms with Crippen molar-refractivity contribution in [2.45, 2.75) is 19.4 Å². The normalized spacial score (nSPS) is 15.6. The molecule has 0 radical (unpaired) electrons. The molecule has 0 unspecified atom stereocenters. The van der Waals surface area contributed by atoms with Gasteiger partial charge in [-0.25, -0.2) is 0 Å². The fraction of sp³-hybridized carbons (Fsp3) is 0.348. The van der Waals surface area contributed by atoms with E-state index in [9.17, 15) is 9.90 Å². The van der Waals surface area contributed by atoms with Crippen LogP contribution in [-0.2, 0) is 0 Å². The van der Waals surface area contributed by atoms with Crippen molar-refractivity contribution in [3.8, 4) is 11.5 Å². The van der Waals surface area contributed by atoms with Gasteiger partial charge in [0.05, 0.1) is 7.11 Å². The minimum Gasteiger partial charge on any atom is -0.493 e. The van der Waals surface area contributed by atoms with Crippen LogP contribution >= 0.6 is 0 Å². The number of ether oxygens (including phenoxy) is 2. The second-order valence-corrected chi connectivity index (χ2v) is 6.99. The number of hydrogen-bond acceptors (Lipinski definition) is 5. The summed E-state index contributed by atoms with van der Waals surface area (Å²) in [5.41, 5.74) is 3.20. The van der Waals surface area contributed by atoms with Gasteiger partial charge < -0.3 is 14.6 Å². The standard InChI is InChI=1S/C23H27NO4/c1-17(25)20-8-9-22(23(14-20)27-2)28-16-21(26)15-24-12-10-19(11-13-24)18-6-4-3-5-7-18/h3-10,14,21,26H,11-13,15-16H2,1-2H3/t21-/m0/s1. The van der Waals surface area contributed by atoms with E-state index in [4.69, 9.17) is 9.47 Å². The number of methoxy groups -OCH3 is 1. The van der Waals surface area contributed by atoms with Crippen molar-refractivity contribution < 1.29 is 19.4 Å². The molecular weight excluding hydrogens is 354 g/mol. The molecule has 0 aromatic heterocycles. The van der Waals surface area contributed by atoms with E-state index in [1.165, 1.54) is 25.2 Å². The predicted octanol–water partition coefficient (Wildman–Crippen LogP) is 3.43. The first-order valence-corrected chi connectivity index (χ1v) is 9.53. The molecule has 2 aromatic rings. The maximum absolute atomic E-state index is 11.5. The summed E-state index contributed by atoms with van der Waals surface area (Å²) in [4.78, 5) is 13.7. The Labute approximate surface area is 166 Å². The lowest BCUT2D eigenvalue weighted by Gasteiger charge is -2.28. The largest absolute Gasteiger partial charge is 0.493 e. The van der Waals surface area contributed by atoms with E-state index >= 15 is 0 Å². The maximum atomic E-state index is 11.5. The van der Waals surface area contributed by atoms with Crippen LogP contribution in [0.5, 0.6) is 11.5 Å². The van der Waals surface area contributed by atoms with E-state index in [1.807, 2.05) is 6.07 Å². The van der Waals surface area contributed by atoms with Crippen LogP contribution in [0.4, 0.5) is 0 Å². The lowest BCUT2D eigenvalue weighted by atomic mass is 9.99. The van der Waals surface area contributed by atoms with E-state index in [2.05, 4.69) is 35.2 Å². The Morgan fingerprint density at radius 3 is 2.61 bits per heavy atom. The second-order valence-electron chi connectivity index (χ2n) is 6.99. The zero-order valence-corrected chi connectivity index (χ0v) is 16.4. The topological polar surface area (TPSA) is 59.0 Å².